The Hall–Kier alpha value is -1.22. The Morgan fingerprint density at radius 2 is 1.89 bits per heavy atom. The molecule has 158 valence electrons. The predicted molar refractivity (Wildman–Crippen MR) is 94.8 cm³/mol. The first kappa shape index (κ1) is 20.1. The highest BCUT2D eigenvalue weighted by molar-refractivity contribution is 5.75. The standard InChI is InChI=1S/C20H30O8/c1-8(2)6-11(21)26-10-7-18(4,23)20(25)14(19(5,24)15-16(20)28-15)13-12(10)9(3)17(22)27-13/h8-10,12-16,23-25H,6-7H2,1-5H3/t9-,10-,12+,13-,14-,15-,16+,18+,19-,20+/m0/s1. The summed E-state index contributed by atoms with van der Waals surface area (Å²) < 4.78 is 16.8. The van der Waals surface area contributed by atoms with Gasteiger partial charge in [-0.1, -0.05) is 20.8 Å². The number of hydrogen-bond donors (Lipinski definition) is 3. The van der Waals surface area contributed by atoms with Crippen LogP contribution in [0.5, 0.6) is 0 Å². The van der Waals surface area contributed by atoms with Crippen molar-refractivity contribution in [3.05, 3.63) is 0 Å². The molecule has 2 aliphatic carbocycles. The minimum Gasteiger partial charge on any atom is -0.462 e. The summed E-state index contributed by atoms with van der Waals surface area (Å²) in [5.41, 5.74) is -5.03. The van der Waals surface area contributed by atoms with Crippen LogP contribution in [0, 0.1) is 23.7 Å². The van der Waals surface area contributed by atoms with Gasteiger partial charge < -0.3 is 29.5 Å². The van der Waals surface area contributed by atoms with Crippen LogP contribution in [0.25, 0.3) is 0 Å². The van der Waals surface area contributed by atoms with E-state index in [1.807, 2.05) is 13.8 Å². The minimum atomic E-state index is -1.83. The number of rotatable bonds is 3. The molecule has 3 N–H and O–H groups in total. The Morgan fingerprint density at radius 1 is 1.25 bits per heavy atom. The van der Waals surface area contributed by atoms with Crippen molar-refractivity contribution in [2.75, 3.05) is 0 Å². The van der Waals surface area contributed by atoms with Crippen molar-refractivity contribution < 1.29 is 39.1 Å². The highest BCUT2D eigenvalue weighted by Crippen LogP contribution is 2.64. The molecule has 2 saturated heterocycles. The molecule has 0 radical (unpaired) electrons. The van der Waals surface area contributed by atoms with Gasteiger partial charge in [-0.15, -0.1) is 0 Å². The molecule has 8 nitrogen and oxygen atoms in total. The summed E-state index contributed by atoms with van der Waals surface area (Å²) in [7, 11) is 0. The minimum absolute atomic E-state index is 0.0748. The number of fused-ring (bicyclic) bond motifs is 5. The zero-order valence-corrected chi connectivity index (χ0v) is 16.9. The van der Waals surface area contributed by atoms with Crippen molar-refractivity contribution in [3.63, 3.8) is 0 Å². The van der Waals surface area contributed by atoms with E-state index in [0.717, 1.165) is 0 Å². The van der Waals surface area contributed by atoms with Crippen LogP contribution < -0.4 is 0 Å². The van der Waals surface area contributed by atoms with Gasteiger partial charge in [0.15, 0.2) is 0 Å². The summed E-state index contributed by atoms with van der Waals surface area (Å²) in [5, 5.41) is 34.1. The van der Waals surface area contributed by atoms with E-state index in [1.165, 1.54) is 13.8 Å². The van der Waals surface area contributed by atoms with Crippen LogP contribution in [0.3, 0.4) is 0 Å². The van der Waals surface area contributed by atoms with Crippen LogP contribution in [-0.4, -0.2) is 68.5 Å². The number of carbonyl (C=O) groups is 2. The number of esters is 2. The maximum Gasteiger partial charge on any atom is 0.309 e. The van der Waals surface area contributed by atoms with E-state index < -0.39 is 70.9 Å². The predicted octanol–water partition coefficient (Wildman–Crippen LogP) is 0.156. The van der Waals surface area contributed by atoms with Crippen LogP contribution in [-0.2, 0) is 23.8 Å². The fourth-order valence-corrected chi connectivity index (χ4v) is 5.86. The van der Waals surface area contributed by atoms with E-state index in [0.29, 0.717) is 0 Å². The van der Waals surface area contributed by atoms with Crippen LogP contribution in [0.2, 0.25) is 0 Å². The lowest BCUT2D eigenvalue weighted by atomic mass is 9.70. The van der Waals surface area contributed by atoms with Crippen molar-refractivity contribution in [2.24, 2.45) is 23.7 Å². The second-order valence-corrected chi connectivity index (χ2v) is 9.88. The Bertz CT molecular complexity index is 700. The maximum atomic E-state index is 12.4. The summed E-state index contributed by atoms with van der Waals surface area (Å²) >= 11 is 0. The SMILES string of the molecule is CC(C)CC(=O)O[C@H]1C[C@@](C)(O)[C@]2(O)[C@@H]3O[C@@H]3[C@@](C)(O)[C@@H]2[C@H]2OC(=O)[C@@H](C)[C@@H]21. The summed E-state index contributed by atoms with van der Waals surface area (Å²) in [5.74, 6) is -2.90. The molecule has 2 heterocycles. The fraction of sp³-hybridized carbons (Fsp3) is 0.900. The molecule has 8 heteroatoms. The number of aliphatic hydroxyl groups is 3. The number of hydrogen-bond acceptors (Lipinski definition) is 8. The third kappa shape index (κ3) is 2.51. The van der Waals surface area contributed by atoms with Crippen molar-refractivity contribution in [2.45, 2.75) is 88.7 Å². The van der Waals surface area contributed by atoms with Gasteiger partial charge >= 0.3 is 11.9 Å². The molecule has 0 spiro atoms. The van der Waals surface area contributed by atoms with E-state index in [-0.39, 0.29) is 18.8 Å². The normalized spacial score (nSPS) is 54.5. The molecule has 28 heavy (non-hydrogen) atoms. The molecular formula is C20H30O8. The number of epoxide rings is 1. The Balaban J connectivity index is 1.76. The third-order valence-corrected chi connectivity index (χ3v) is 7.26. The lowest BCUT2D eigenvalue weighted by Gasteiger charge is -2.46. The summed E-state index contributed by atoms with van der Waals surface area (Å²) in [4.78, 5) is 24.8. The molecule has 2 aliphatic heterocycles. The van der Waals surface area contributed by atoms with Gasteiger partial charge in [-0.2, -0.15) is 0 Å². The first-order valence-electron chi connectivity index (χ1n) is 10.0. The summed E-state index contributed by atoms with van der Waals surface area (Å²) in [6.45, 7) is 8.49. The number of ether oxygens (including phenoxy) is 3. The third-order valence-electron chi connectivity index (χ3n) is 7.26. The van der Waals surface area contributed by atoms with Gasteiger partial charge in [-0.3, -0.25) is 9.59 Å². The lowest BCUT2D eigenvalue weighted by molar-refractivity contribution is -0.231. The van der Waals surface area contributed by atoms with Crippen molar-refractivity contribution in [1.29, 1.82) is 0 Å². The highest BCUT2D eigenvalue weighted by atomic mass is 16.6. The Morgan fingerprint density at radius 3 is 2.50 bits per heavy atom. The largest absolute Gasteiger partial charge is 0.462 e. The molecule has 4 rings (SSSR count). The second kappa shape index (κ2) is 5.90. The molecule has 0 aromatic carbocycles. The fourth-order valence-electron chi connectivity index (χ4n) is 5.86. The first-order chi connectivity index (χ1) is 12.8. The van der Waals surface area contributed by atoms with Crippen LogP contribution >= 0.6 is 0 Å². The smallest absolute Gasteiger partial charge is 0.309 e. The summed E-state index contributed by atoms with van der Waals surface area (Å²) in [6.07, 6.45) is -2.97. The zero-order chi connectivity index (χ0) is 20.8. The molecule has 0 aromatic heterocycles. The highest BCUT2D eigenvalue weighted by Gasteiger charge is 2.83. The zero-order valence-electron chi connectivity index (χ0n) is 16.9. The Kier molecular flexibility index (Phi) is 4.23. The average molecular weight is 398 g/mol. The number of carbonyl (C=O) groups excluding carboxylic acids is 2. The molecule has 0 bridgehead atoms. The molecule has 10 atom stereocenters. The van der Waals surface area contributed by atoms with E-state index in [4.69, 9.17) is 14.2 Å². The van der Waals surface area contributed by atoms with Crippen LogP contribution in [0.15, 0.2) is 0 Å². The molecule has 0 aromatic rings. The second-order valence-electron chi connectivity index (χ2n) is 9.88. The topological polar surface area (TPSA) is 126 Å². The van der Waals surface area contributed by atoms with Crippen molar-refractivity contribution >= 4 is 11.9 Å². The molecular weight excluding hydrogens is 368 g/mol. The van der Waals surface area contributed by atoms with Gasteiger partial charge in [0.05, 0.1) is 17.4 Å². The van der Waals surface area contributed by atoms with Crippen molar-refractivity contribution in [3.8, 4) is 0 Å². The van der Waals surface area contributed by atoms with Crippen LogP contribution in [0.4, 0.5) is 0 Å². The van der Waals surface area contributed by atoms with E-state index in [1.54, 1.807) is 6.92 Å². The molecule has 2 saturated carbocycles. The van der Waals surface area contributed by atoms with Gasteiger partial charge in [0, 0.05) is 18.8 Å². The quantitative estimate of drug-likeness (QED) is 0.453. The summed E-state index contributed by atoms with van der Waals surface area (Å²) in [6, 6.07) is 0. The first-order valence-corrected chi connectivity index (χ1v) is 10.0. The van der Waals surface area contributed by atoms with E-state index in [2.05, 4.69) is 0 Å². The van der Waals surface area contributed by atoms with Crippen LogP contribution in [0.1, 0.15) is 47.5 Å². The van der Waals surface area contributed by atoms with Crippen molar-refractivity contribution in [1.82, 2.24) is 0 Å². The maximum absolute atomic E-state index is 12.4. The molecule has 0 unspecified atom stereocenters. The molecule has 4 fully saturated rings. The van der Waals surface area contributed by atoms with Gasteiger partial charge in [0.1, 0.15) is 35.6 Å². The monoisotopic (exact) mass is 398 g/mol. The van der Waals surface area contributed by atoms with Gasteiger partial charge in [0.25, 0.3) is 0 Å². The lowest BCUT2D eigenvalue weighted by Crippen LogP contribution is -2.64. The average Bonchev–Trinajstić information content (AvgIpc) is 3.25. The molecule has 4 aliphatic rings. The van der Waals surface area contributed by atoms with Gasteiger partial charge in [-0.25, -0.2) is 0 Å². The van der Waals surface area contributed by atoms with Gasteiger partial charge in [-0.05, 0) is 19.8 Å². The molecule has 0 amide bonds. The van der Waals surface area contributed by atoms with E-state index >= 15 is 0 Å². The Labute approximate surface area is 164 Å². The van der Waals surface area contributed by atoms with E-state index in [9.17, 15) is 24.9 Å². The van der Waals surface area contributed by atoms with Gasteiger partial charge in [0.2, 0.25) is 0 Å².